The van der Waals surface area contributed by atoms with Gasteiger partial charge in [0.15, 0.2) is 0 Å². The average molecular weight is 272 g/mol. The van der Waals surface area contributed by atoms with E-state index in [2.05, 4.69) is 11.1 Å². The number of fused-ring (bicyclic) bond motifs is 1. The highest BCUT2D eigenvalue weighted by molar-refractivity contribution is 6.33. The van der Waals surface area contributed by atoms with Gasteiger partial charge in [-0.1, -0.05) is 29.8 Å². The fourth-order valence-electron chi connectivity index (χ4n) is 2.41. The number of aryl methyl sites for hydroxylation is 2. The largest absolute Gasteiger partial charge is 0.383 e. The molecular weight excluding hydrogens is 258 g/mol. The van der Waals surface area contributed by atoms with E-state index in [9.17, 15) is 0 Å². The molecule has 19 heavy (non-hydrogen) atoms. The van der Waals surface area contributed by atoms with Crippen molar-refractivity contribution in [3.05, 3.63) is 52.7 Å². The molecule has 3 aromatic rings. The van der Waals surface area contributed by atoms with Crippen molar-refractivity contribution in [2.45, 2.75) is 13.8 Å². The van der Waals surface area contributed by atoms with E-state index >= 15 is 0 Å². The first-order valence-corrected chi connectivity index (χ1v) is 6.46. The molecule has 2 heterocycles. The SMILES string of the molecule is Cc1cc(C)n2c(N)c(-c3ccccc3Cl)nc2c1. The van der Waals surface area contributed by atoms with Gasteiger partial charge < -0.3 is 5.73 Å². The molecule has 0 aliphatic rings. The molecule has 3 rings (SSSR count). The van der Waals surface area contributed by atoms with E-state index in [-0.39, 0.29) is 0 Å². The highest BCUT2D eigenvalue weighted by Gasteiger charge is 2.14. The Hall–Kier alpha value is -2.00. The van der Waals surface area contributed by atoms with Crippen LogP contribution in [0.1, 0.15) is 11.3 Å². The lowest BCUT2D eigenvalue weighted by molar-refractivity contribution is 1.09. The van der Waals surface area contributed by atoms with Crippen molar-refractivity contribution in [1.29, 1.82) is 0 Å². The van der Waals surface area contributed by atoms with Gasteiger partial charge in [-0.25, -0.2) is 4.98 Å². The molecule has 0 saturated heterocycles. The number of nitrogens with two attached hydrogens (primary N) is 1. The minimum Gasteiger partial charge on any atom is -0.383 e. The molecule has 96 valence electrons. The highest BCUT2D eigenvalue weighted by atomic mass is 35.5. The molecule has 0 spiro atoms. The first-order chi connectivity index (χ1) is 9.08. The summed E-state index contributed by atoms with van der Waals surface area (Å²) in [6.45, 7) is 4.07. The maximum atomic E-state index is 6.23. The second-order valence-corrected chi connectivity index (χ2v) is 5.10. The predicted molar refractivity (Wildman–Crippen MR) is 79.5 cm³/mol. The summed E-state index contributed by atoms with van der Waals surface area (Å²) in [6.07, 6.45) is 0. The minimum absolute atomic E-state index is 0.626. The Morgan fingerprint density at radius 3 is 2.63 bits per heavy atom. The fraction of sp³-hybridized carbons (Fsp3) is 0.133. The molecule has 0 fully saturated rings. The Morgan fingerprint density at radius 1 is 1.16 bits per heavy atom. The fourth-order valence-corrected chi connectivity index (χ4v) is 2.63. The zero-order valence-electron chi connectivity index (χ0n) is 10.8. The van der Waals surface area contributed by atoms with Crippen LogP contribution in [-0.4, -0.2) is 9.38 Å². The molecule has 0 bridgehead atoms. The van der Waals surface area contributed by atoms with E-state index < -0.39 is 0 Å². The molecule has 0 aliphatic heterocycles. The first-order valence-electron chi connectivity index (χ1n) is 6.08. The van der Waals surface area contributed by atoms with Gasteiger partial charge in [-0.2, -0.15) is 0 Å². The van der Waals surface area contributed by atoms with Crippen LogP contribution >= 0.6 is 11.6 Å². The lowest BCUT2D eigenvalue weighted by Gasteiger charge is -2.04. The van der Waals surface area contributed by atoms with E-state index in [1.165, 1.54) is 5.56 Å². The summed E-state index contributed by atoms with van der Waals surface area (Å²) in [5.74, 6) is 0.626. The number of benzene rings is 1. The Balaban J connectivity index is 2.35. The van der Waals surface area contributed by atoms with Gasteiger partial charge in [-0.05, 0) is 37.6 Å². The van der Waals surface area contributed by atoms with Crippen molar-refractivity contribution in [2.75, 3.05) is 5.73 Å². The summed E-state index contributed by atoms with van der Waals surface area (Å²) in [6, 6.07) is 11.7. The van der Waals surface area contributed by atoms with E-state index in [4.69, 9.17) is 17.3 Å². The predicted octanol–water partition coefficient (Wildman–Crippen LogP) is 3.85. The number of nitrogens with zero attached hydrogens (tertiary/aromatic N) is 2. The van der Waals surface area contributed by atoms with Crippen LogP contribution in [0.15, 0.2) is 36.4 Å². The Morgan fingerprint density at radius 2 is 1.89 bits per heavy atom. The topological polar surface area (TPSA) is 43.3 Å². The van der Waals surface area contributed by atoms with Crippen LogP contribution in [0.4, 0.5) is 5.82 Å². The standard InChI is InChI=1S/C15H14ClN3/c1-9-7-10(2)19-13(8-9)18-14(15(19)17)11-5-3-4-6-12(11)16/h3-8H,17H2,1-2H3. The van der Waals surface area contributed by atoms with Crippen molar-refractivity contribution in [3.63, 3.8) is 0 Å². The zero-order chi connectivity index (χ0) is 13.6. The smallest absolute Gasteiger partial charge is 0.139 e. The summed E-state index contributed by atoms with van der Waals surface area (Å²) in [5.41, 5.74) is 10.9. The molecule has 0 aliphatic carbocycles. The van der Waals surface area contributed by atoms with Crippen LogP contribution in [0.2, 0.25) is 5.02 Å². The van der Waals surface area contributed by atoms with Crippen LogP contribution in [-0.2, 0) is 0 Å². The molecule has 0 atom stereocenters. The van der Waals surface area contributed by atoms with Gasteiger partial charge in [0, 0.05) is 11.3 Å². The molecule has 0 radical (unpaired) electrons. The molecule has 0 amide bonds. The van der Waals surface area contributed by atoms with Crippen LogP contribution in [0.25, 0.3) is 16.9 Å². The summed E-state index contributed by atoms with van der Waals surface area (Å²) in [5, 5.41) is 0.659. The Bertz CT molecular complexity index is 774. The number of pyridine rings is 1. The number of imidazole rings is 1. The van der Waals surface area contributed by atoms with Gasteiger partial charge in [-0.3, -0.25) is 4.40 Å². The van der Waals surface area contributed by atoms with Gasteiger partial charge in [0.1, 0.15) is 17.2 Å². The number of nitrogen functional groups attached to an aromatic ring is 1. The minimum atomic E-state index is 0.626. The summed E-state index contributed by atoms with van der Waals surface area (Å²) in [7, 11) is 0. The first kappa shape index (κ1) is 12.1. The molecule has 0 saturated carbocycles. The quantitative estimate of drug-likeness (QED) is 0.730. The summed E-state index contributed by atoms with van der Waals surface area (Å²) in [4.78, 5) is 4.62. The second kappa shape index (κ2) is 4.28. The van der Waals surface area contributed by atoms with Crippen LogP contribution in [0.5, 0.6) is 0 Å². The van der Waals surface area contributed by atoms with Gasteiger partial charge in [0.25, 0.3) is 0 Å². The molecular formula is C15H14ClN3. The van der Waals surface area contributed by atoms with Gasteiger partial charge in [-0.15, -0.1) is 0 Å². The number of hydrogen-bond acceptors (Lipinski definition) is 2. The van der Waals surface area contributed by atoms with E-state index in [1.54, 1.807) is 0 Å². The third kappa shape index (κ3) is 1.87. The van der Waals surface area contributed by atoms with E-state index in [1.807, 2.05) is 48.6 Å². The summed E-state index contributed by atoms with van der Waals surface area (Å²) < 4.78 is 1.95. The highest BCUT2D eigenvalue weighted by Crippen LogP contribution is 2.32. The van der Waals surface area contributed by atoms with Crippen LogP contribution in [0, 0.1) is 13.8 Å². The maximum Gasteiger partial charge on any atom is 0.139 e. The van der Waals surface area contributed by atoms with Crippen molar-refractivity contribution in [3.8, 4) is 11.3 Å². The number of hydrogen-bond donors (Lipinski definition) is 1. The number of aromatic nitrogens is 2. The lowest BCUT2D eigenvalue weighted by atomic mass is 10.1. The molecule has 1 aromatic carbocycles. The average Bonchev–Trinajstić information content (AvgIpc) is 2.67. The Kier molecular flexibility index (Phi) is 2.72. The number of halogens is 1. The third-order valence-corrected chi connectivity index (χ3v) is 3.54. The van der Waals surface area contributed by atoms with Crippen molar-refractivity contribution in [2.24, 2.45) is 0 Å². The second-order valence-electron chi connectivity index (χ2n) is 4.69. The van der Waals surface area contributed by atoms with Crippen molar-refractivity contribution in [1.82, 2.24) is 9.38 Å². The summed E-state index contributed by atoms with van der Waals surface area (Å²) >= 11 is 6.22. The third-order valence-electron chi connectivity index (χ3n) is 3.21. The van der Waals surface area contributed by atoms with Crippen molar-refractivity contribution >= 4 is 23.1 Å². The molecule has 0 unspecified atom stereocenters. The molecule has 3 nitrogen and oxygen atoms in total. The maximum absolute atomic E-state index is 6.23. The van der Waals surface area contributed by atoms with Crippen LogP contribution in [0.3, 0.4) is 0 Å². The van der Waals surface area contributed by atoms with Crippen molar-refractivity contribution < 1.29 is 0 Å². The molecule has 2 aromatic heterocycles. The van der Waals surface area contributed by atoms with Gasteiger partial charge >= 0.3 is 0 Å². The van der Waals surface area contributed by atoms with E-state index in [0.29, 0.717) is 10.8 Å². The van der Waals surface area contributed by atoms with Gasteiger partial charge in [0.05, 0.1) is 5.02 Å². The zero-order valence-corrected chi connectivity index (χ0v) is 11.6. The van der Waals surface area contributed by atoms with Crippen LogP contribution < -0.4 is 5.73 Å². The lowest BCUT2D eigenvalue weighted by Crippen LogP contribution is -1.98. The number of anilines is 1. The Labute approximate surface area is 116 Å². The monoisotopic (exact) mass is 271 g/mol. The molecule has 2 N–H and O–H groups in total. The number of rotatable bonds is 1. The van der Waals surface area contributed by atoms with E-state index in [0.717, 1.165) is 22.6 Å². The van der Waals surface area contributed by atoms with Gasteiger partial charge in [0.2, 0.25) is 0 Å². The molecule has 4 heteroatoms. The normalized spacial score (nSPS) is 11.1.